The van der Waals surface area contributed by atoms with Gasteiger partial charge in [-0.3, -0.25) is 0 Å². The molecule has 1 aliphatic heterocycles. The van der Waals surface area contributed by atoms with Gasteiger partial charge >= 0.3 is 0 Å². The van der Waals surface area contributed by atoms with Gasteiger partial charge in [-0.05, 0) is 17.5 Å². The molecule has 3 rings (SSSR count). The Balaban J connectivity index is 1.88. The molecule has 2 unspecified atom stereocenters. The molecule has 3 nitrogen and oxygen atoms in total. The van der Waals surface area contributed by atoms with Crippen LogP contribution in [0.2, 0.25) is 0 Å². The van der Waals surface area contributed by atoms with Gasteiger partial charge in [-0.2, -0.15) is 0 Å². The molecule has 1 aliphatic rings. The molecule has 1 N–H and O–H groups in total. The topological polar surface area (TPSA) is 28.2 Å². The Morgan fingerprint density at radius 3 is 3.05 bits per heavy atom. The van der Waals surface area contributed by atoms with Crippen LogP contribution in [0.5, 0.6) is 0 Å². The van der Waals surface area contributed by atoms with E-state index < -0.39 is 0 Å². The van der Waals surface area contributed by atoms with Gasteiger partial charge in [-0.15, -0.1) is 11.3 Å². The number of aromatic nitrogens is 1. The highest BCUT2D eigenvalue weighted by Crippen LogP contribution is 2.27. The molecule has 4 heteroatoms. The molecular formula is C17H23N3S. The fourth-order valence-electron chi connectivity index (χ4n) is 2.92. The van der Waals surface area contributed by atoms with Crippen LogP contribution in [0.1, 0.15) is 30.8 Å². The fraction of sp³-hybridized carbons (Fsp3) is 0.471. The highest BCUT2D eigenvalue weighted by atomic mass is 32.1. The number of para-hydroxylation sites is 1. The van der Waals surface area contributed by atoms with Gasteiger partial charge in [-0.25, -0.2) is 4.98 Å². The first kappa shape index (κ1) is 14.5. The van der Waals surface area contributed by atoms with Gasteiger partial charge in [0.2, 0.25) is 0 Å². The molecule has 2 atom stereocenters. The van der Waals surface area contributed by atoms with Crippen LogP contribution in [0, 0.1) is 5.92 Å². The van der Waals surface area contributed by atoms with Gasteiger partial charge in [0, 0.05) is 36.4 Å². The first-order valence-electron chi connectivity index (χ1n) is 7.72. The van der Waals surface area contributed by atoms with Crippen LogP contribution in [0.4, 0.5) is 5.69 Å². The van der Waals surface area contributed by atoms with Crippen LogP contribution in [0.3, 0.4) is 0 Å². The third kappa shape index (κ3) is 3.27. The molecule has 0 spiro atoms. The predicted molar refractivity (Wildman–Crippen MR) is 89.7 cm³/mol. The summed E-state index contributed by atoms with van der Waals surface area (Å²) in [6, 6.07) is 9.27. The highest BCUT2D eigenvalue weighted by Gasteiger charge is 2.24. The number of anilines is 1. The second-order valence-corrected chi connectivity index (χ2v) is 6.79. The van der Waals surface area contributed by atoms with Crippen LogP contribution < -0.4 is 10.2 Å². The number of rotatable bonds is 4. The number of benzene rings is 1. The summed E-state index contributed by atoms with van der Waals surface area (Å²) in [6.07, 6.45) is 3.10. The molecule has 0 aliphatic carbocycles. The Kier molecular flexibility index (Phi) is 4.56. The van der Waals surface area contributed by atoms with Crippen molar-refractivity contribution in [2.45, 2.75) is 39.4 Å². The Labute approximate surface area is 131 Å². The molecule has 1 aromatic heterocycles. The lowest BCUT2D eigenvalue weighted by atomic mass is 9.99. The Morgan fingerprint density at radius 2 is 2.29 bits per heavy atom. The van der Waals surface area contributed by atoms with Crippen molar-refractivity contribution in [1.82, 2.24) is 10.3 Å². The van der Waals surface area contributed by atoms with Crippen LogP contribution in [0.25, 0.3) is 0 Å². The van der Waals surface area contributed by atoms with Crippen molar-refractivity contribution >= 4 is 17.0 Å². The summed E-state index contributed by atoms with van der Waals surface area (Å²) in [7, 11) is 0. The lowest BCUT2D eigenvalue weighted by Gasteiger charge is -2.29. The molecule has 0 saturated heterocycles. The molecular weight excluding hydrogens is 278 g/mol. The van der Waals surface area contributed by atoms with Gasteiger partial charge in [0.05, 0.1) is 6.54 Å². The maximum atomic E-state index is 4.46. The van der Waals surface area contributed by atoms with Crippen LogP contribution in [-0.2, 0) is 13.1 Å². The Hall–Kier alpha value is -1.39. The monoisotopic (exact) mass is 301 g/mol. The minimum atomic E-state index is 0.530. The van der Waals surface area contributed by atoms with E-state index in [9.17, 15) is 0 Å². The Morgan fingerprint density at radius 1 is 1.43 bits per heavy atom. The lowest BCUT2D eigenvalue weighted by molar-refractivity contribution is 0.370. The zero-order valence-corrected chi connectivity index (χ0v) is 13.6. The van der Waals surface area contributed by atoms with Crippen molar-refractivity contribution in [3.63, 3.8) is 0 Å². The third-order valence-corrected chi connectivity index (χ3v) is 5.21. The van der Waals surface area contributed by atoms with Crippen LogP contribution in [-0.4, -0.2) is 17.6 Å². The summed E-state index contributed by atoms with van der Waals surface area (Å²) in [5, 5.41) is 6.99. The largest absolute Gasteiger partial charge is 0.363 e. The van der Waals surface area contributed by atoms with Gasteiger partial charge in [-0.1, -0.05) is 38.5 Å². The summed E-state index contributed by atoms with van der Waals surface area (Å²) in [5.41, 5.74) is 2.74. The number of hydrogen-bond acceptors (Lipinski definition) is 4. The smallest absolute Gasteiger partial charge is 0.112 e. The van der Waals surface area contributed by atoms with Crippen molar-refractivity contribution in [2.75, 3.05) is 11.4 Å². The van der Waals surface area contributed by atoms with Crippen molar-refractivity contribution in [1.29, 1.82) is 0 Å². The van der Waals surface area contributed by atoms with E-state index in [0.29, 0.717) is 12.0 Å². The van der Waals surface area contributed by atoms with E-state index in [1.54, 1.807) is 11.3 Å². The van der Waals surface area contributed by atoms with E-state index in [4.69, 9.17) is 0 Å². The van der Waals surface area contributed by atoms with E-state index in [-0.39, 0.29) is 0 Å². The molecule has 21 heavy (non-hydrogen) atoms. The summed E-state index contributed by atoms with van der Waals surface area (Å²) in [5.74, 6) is 0.679. The van der Waals surface area contributed by atoms with Gasteiger partial charge < -0.3 is 10.2 Å². The first-order valence-corrected chi connectivity index (χ1v) is 8.60. The molecule has 0 radical (unpaired) electrons. The zero-order valence-electron chi connectivity index (χ0n) is 12.7. The van der Waals surface area contributed by atoms with Crippen molar-refractivity contribution in [3.8, 4) is 0 Å². The van der Waals surface area contributed by atoms with Crippen LogP contribution >= 0.6 is 11.3 Å². The number of nitrogens with one attached hydrogen (secondary N) is 1. The number of hydrogen-bond donors (Lipinski definition) is 1. The average Bonchev–Trinajstić information content (AvgIpc) is 2.95. The van der Waals surface area contributed by atoms with Crippen molar-refractivity contribution in [2.24, 2.45) is 5.92 Å². The van der Waals surface area contributed by atoms with Gasteiger partial charge in [0.15, 0.2) is 0 Å². The van der Waals surface area contributed by atoms with E-state index in [1.165, 1.54) is 22.7 Å². The summed E-state index contributed by atoms with van der Waals surface area (Å²) >= 11 is 1.74. The first-order chi connectivity index (χ1) is 10.3. The minimum Gasteiger partial charge on any atom is -0.363 e. The van der Waals surface area contributed by atoms with E-state index >= 15 is 0 Å². The average molecular weight is 301 g/mol. The quantitative estimate of drug-likeness (QED) is 0.934. The zero-order chi connectivity index (χ0) is 14.7. The molecule has 1 aromatic carbocycles. The normalized spacial score (nSPS) is 19.9. The second kappa shape index (κ2) is 6.58. The standard InChI is InChI=1S/C17H23N3S/c1-3-13(2)15-11-20(12-17-18-8-9-21-17)16-7-5-4-6-14(16)10-19-15/h4-9,13,15,19H,3,10-12H2,1-2H3. The Bertz CT molecular complexity index is 567. The second-order valence-electron chi connectivity index (χ2n) is 5.81. The summed E-state index contributed by atoms with van der Waals surface area (Å²) in [6.45, 7) is 7.53. The van der Waals surface area contributed by atoms with E-state index in [0.717, 1.165) is 19.6 Å². The number of fused-ring (bicyclic) bond motifs is 1. The molecule has 0 saturated carbocycles. The molecule has 112 valence electrons. The van der Waals surface area contributed by atoms with Crippen molar-refractivity contribution in [3.05, 3.63) is 46.4 Å². The minimum absolute atomic E-state index is 0.530. The molecule has 0 amide bonds. The summed E-state index contributed by atoms with van der Waals surface area (Å²) in [4.78, 5) is 6.95. The van der Waals surface area contributed by atoms with E-state index in [1.807, 2.05) is 6.20 Å². The molecule has 0 fully saturated rings. The predicted octanol–water partition coefficient (Wildman–Crippen LogP) is 3.67. The summed E-state index contributed by atoms with van der Waals surface area (Å²) < 4.78 is 0. The van der Waals surface area contributed by atoms with Gasteiger partial charge in [0.1, 0.15) is 5.01 Å². The molecule has 0 bridgehead atoms. The number of nitrogens with zero attached hydrogens (tertiary/aromatic N) is 2. The van der Waals surface area contributed by atoms with Gasteiger partial charge in [0.25, 0.3) is 0 Å². The third-order valence-electron chi connectivity index (χ3n) is 4.44. The molecule has 2 aromatic rings. The lowest BCUT2D eigenvalue weighted by Crippen LogP contribution is -2.42. The maximum Gasteiger partial charge on any atom is 0.112 e. The van der Waals surface area contributed by atoms with E-state index in [2.05, 4.69) is 58.7 Å². The number of thiazole rings is 1. The van der Waals surface area contributed by atoms with Crippen molar-refractivity contribution < 1.29 is 0 Å². The SMILES string of the molecule is CCC(C)C1CN(Cc2nccs2)c2ccccc2CN1. The fourth-order valence-corrected chi connectivity index (χ4v) is 3.55. The maximum absolute atomic E-state index is 4.46. The van der Waals surface area contributed by atoms with Crippen LogP contribution in [0.15, 0.2) is 35.8 Å². The molecule has 2 heterocycles. The highest BCUT2D eigenvalue weighted by molar-refractivity contribution is 7.09.